The van der Waals surface area contributed by atoms with E-state index in [0.717, 1.165) is 23.8 Å². The maximum atomic E-state index is 6.42. The highest BCUT2D eigenvalue weighted by molar-refractivity contribution is 6.97. The molecule has 0 atom stereocenters. The standard InChI is InChI=1S/C34H44BN2O/c1-20(2)26-13-12-14-27(21(3)4)31(26)35-28-17-25(18-34(8,9)10)15-16-29(28)37-30(35)19-36(11)33(37)32-23(6)22(5)24(7)38-32/h12-17,19-21H,18H2,1-11H3/q+1. The van der Waals surface area contributed by atoms with Gasteiger partial charge in [0.25, 0.3) is 0 Å². The van der Waals surface area contributed by atoms with Gasteiger partial charge in [0.05, 0.1) is 7.05 Å². The molecule has 3 nitrogen and oxygen atoms in total. The predicted octanol–water partition coefficient (Wildman–Crippen LogP) is 6.15. The highest BCUT2D eigenvalue weighted by Gasteiger charge is 2.46. The van der Waals surface area contributed by atoms with Crippen LogP contribution in [0.3, 0.4) is 0 Å². The van der Waals surface area contributed by atoms with Gasteiger partial charge in [-0.25, -0.2) is 4.57 Å². The van der Waals surface area contributed by atoms with Gasteiger partial charge in [-0.3, -0.25) is 0 Å². The fourth-order valence-corrected chi connectivity index (χ4v) is 6.44. The molecule has 4 heteroatoms. The number of imidazole rings is 1. The largest absolute Gasteiger partial charge is 0.453 e. The molecule has 4 aromatic rings. The third-order valence-corrected chi connectivity index (χ3v) is 8.40. The third kappa shape index (κ3) is 4.26. The van der Waals surface area contributed by atoms with Gasteiger partial charge in [-0.05, 0) is 78.2 Å². The number of aromatic nitrogens is 2. The van der Waals surface area contributed by atoms with Crippen molar-refractivity contribution in [3.8, 4) is 17.3 Å². The Balaban J connectivity index is 1.86. The smallest absolute Gasteiger partial charge is 0.329 e. The molecule has 2 aromatic heterocycles. The average Bonchev–Trinajstić information content (AvgIpc) is 3.40. The van der Waals surface area contributed by atoms with Crippen molar-refractivity contribution in [2.45, 2.75) is 87.5 Å². The fraction of sp³-hybridized carbons (Fsp3) is 0.441. The molecule has 0 radical (unpaired) electrons. The van der Waals surface area contributed by atoms with E-state index >= 15 is 0 Å². The quantitative estimate of drug-likeness (QED) is 0.207. The summed E-state index contributed by atoms with van der Waals surface area (Å²) < 4.78 is 11.2. The molecule has 0 amide bonds. The zero-order chi connectivity index (χ0) is 27.7. The molecule has 0 saturated carbocycles. The number of fused-ring (bicyclic) bond motifs is 3. The van der Waals surface area contributed by atoms with E-state index in [1.54, 1.807) is 0 Å². The molecule has 38 heavy (non-hydrogen) atoms. The lowest BCUT2D eigenvalue weighted by Crippen LogP contribution is -2.53. The van der Waals surface area contributed by atoms with Crippen LogP contribution in [-0.4, -0.2) is 11.3 Å². The van der Waals surface area contributed by atoms with Gasteiger partial charge in [-0.1, -0.05) is 84.3 Å². The Kier molecular flexibility index (Phi) is 6.53. The minimum atomic E-state index is 0.179. The summed E-state index contributed by atoms with van der Waals surface area (Å²) in [6.07, 6.45) is 3.40. The number of aryl methyl sites for hydroxylation is 2. The molecule has 0 spiro atoms. The summed E-state index contributed by atoms with van der Waals surface area (Å²) in [6, 6.07) is 14.1. The first kappa shape index (κ1) is 26.6. The molecule has 0 unspecified atom stereocenters. The highest BCUT2D eigenvalue weighted by Crippen LogP contribution is 2.32. The number of rotatable bonds is 5. The predicted molar refractivity (Wildman–Crippen MR) is 161 cm³/mol. The summed E-state index contributed by atoms with van der Waals surface area (Å²) >= 11 is 0. The lowest BCUT2D eigenvalue weighted by molar-refractivity contribution is -0.659. The zero-order valence-electron chi connectivity index (χ0n) is 25.3. The van der Waals surface area contributed by atoms with Crippen LogP contribution in [0.2, 0.25) is 0 Å². The normalized spacial score (nSPS) is 13.1. The second-order valence-corrected chi connectivity index (χ2v) is 13.3. The Morgan fingerprint density at radius 2 is 1.55 bits per heavy atom. The van der Waals surface area contributed by atoms with Crippen molar-refractivity contribution in [3.63, 3.8) is 0 Å². The van der Waals surface area contributed by atoms with Crippen LogP contribution in [-0.2, 0) is 13.5 Å². The highest BCUT2D eigenvalue weighted by atomic mass is 16.3. The van der Waals surface area contributed by atoms with Crippen molar-refractivity contribution in [2.24, 2.45) is 12.5 Å². The number of benzene rings is 2. The Morgan fingerprint density at radius 3 is 2.08 bits per heavy atom. The summed E-state index contributed by atoms with van der Waals surface area (Å²) in [5, 5.41) is 0. The summed E-state index contributed by atoms with van der Waals surface area (Å²) in [5.41, 5.74) is 12.5. The number of hydrogen-bond acceptors (Lipinski definition) is 1. The molecule has 0 fully saturated rings. The van der Waals surface area contributed by atoms with Crippen molar-refractivity contribution < 1.29 is 8.98 Å². The summed E-state index contributed by atoms with van der Waals surface area (Å²) in [5.74, 6) is 3.98. The third-order valence-electron chi connectivity index (χ3n) is 8.40. The summed E-state index contributed by atoms with van der Waals surface area (Å²) in [6.45, 7) is 22.9. The Labute approximate surface area is 230 Å². The summed E-state index contributed by atoms with van der Waals surface area (Å²) in [4.78, 5) is 0. The molecule has 2 aromatic carbocycles. The lowest BCUT2D eigenvalue weighted by atomic mass is 9.37. The van der Waals surface area contributed by atoms with Crippen LogP contribution in [0.25, 0.3) is 17.3 Å². The minimum Gasteiger partial charge on any atom is -0.453 e. The van der Waals surface area contributed by atoms with E-state index in [1.807, 2.05) is 0 Å². The van der Waals surface area contributed by atoms with E-state index in [9.17, 15) is 0 Å². The SMILES string of the molecule is Cc1oc(-c2n3c(c[n+]2C)B(c2c(C(C)C)cccc2C(C)C)c2cc(CC(C)(C)C)ccc2-3)c(C)c1C. The van der Waals surface area contributed by atoms with Crippen molar-refractivity contribution in [3.05, 3.63) is 76.2 Å². The van der Waals surface area contributed by atoms with E-state index in [0.29, 0.717) is 11.8 Å². The monoisotopic (exact) mass is 507 g/mol. The van der Waals surface area contributed by atoms with E-state index in [4.69, 9.17) is 4.42 Å². The van der Waals surface area contributed by atoms with Gasteiger partial charge >= 0.3 is 12.5 Å². The summed E-state index contributed by atoms with van der Waals surface area (Å²) in [7, 11) is 2.16. The first-order chi connectivity index (χ1) is 17.8. The van der Waals surface area contributed by atoms with Crippen molar-refractivity contribution in [1.82, 2.24) is 4.57 Å². The first-order valence-corrected chi connectivity index (χ1v) is 14.2. The van der Waals surface area contributed by atoms with E-state index in [2.05, 4.69) is 128 Å². The maximum absolute atomic E-state index is 6.42. The second-order valence-electron chi connectivity index (χ2n) is 13.3. The van der Waals surface area contributed by atoms with Crippen LogP contribution < -0.4 is 21.1 Å². The second kappa shape index (κ2) is 9.33. The number of furan rings is 1. The zero-order valence-corrected chi connectivity index (χ0v) is 25.3. The molecule has 198 valence electrons. The average molecular weight is 508 g/mol. The molecule has 0 saturated heterocycles. The van der Waals surface area contributed by atoms with Crippen LogP contribution in [0, 0.1) is 26.2 Å². The van der Waals surface area contributed by atoms with Crippen LogP contribution in [0.15, 0.2) is 47.0 Å². The molecular formula is C34H44BN2O+. The van der Waals surface area contributed by atoms with Crippen LogP contribution in [0.1, 0.15) is 93.9 Å². The maximum Gasteiger partial charge on any atom is 0.329 e. The molecule has 0 aliphatic carbocycles. The van der Waals surface area contributed by atoms with E-state index < -0.39 is 0 Å². The topological polar surface area (TPSA) is 21.9 Å². The number of hydrogen-bond donors (Lipinski definition) is 0. The van der Waals surface area contributed by atoms with Gasteiger partial charge in [0.2, 0.25) is 5.76 Å². The van der Waals surface area contributed by atoms with Gasteiger partial charge in [-0.2, -0.15) is 4.57 Å². The molecule has 3 heterocycles. The van der Waals surface area contributed by atoms with E-state index in [-0.39, 0.29) is 12.1 Å². The van der Waals surface area contributed by atoms with E-state index in [1.165, 1.54) is 50.0 Å². The van der Waals surface area contributed by atoms with Crippen LogP contribution >= 0.6 is 0 Å². The van der Waals surface area contributed by atoms with Crippen molar-refractivity contribution in [1.29, 1.82) is 0 Å². The van der Waals surface area contributed by atoms with Crippen molar-refractivity contribution in [2.75, 3.05) is 0 Å². The molecule has 0 N–H and O–H groups in total. The van der Waals surface area contributed by atoms with Gasteiger partial charge in [-0.15, -0.1) is 0 Å². The Bertz CT molecular complexity index is 1500. The first-order valence-electron chi connectivity index (χ1n) is 14.2. The van der Waals surface area contributed by atoms with Gasteiger partial charge < -0.3 is 4.42 Å². The minimum absolute atomic E-state index is 0.179. The van der Waals surface area contributed by atoms with Crippen LogP contribution in [0.5, 0.6) is 0 Å². The van der Waals surface area contributed by atoms with Crippen molar-refractivity contribution >= 4 is 23.2 Å². The molecule has 5 rings (SSSR count). The fourth-order valence-electron chi connectivity index (χ4n) is 6.44. The van der Waals surface area contributed by atoms with Crippen LogP contribution in [0.4, 0.5) is 0 Å². The van der Waals surface area contributed by atoms with Gasteiger partial charge in [0.15, 0.2) is 0 Å². The Morgan fingerprint density at radius 1 is 0.921 bits per heavy atom. The molecular weight excluding hydrogens is 463 g/mol. The number of nitrogens with zero attached hydrogens (tertiary/aromatic N) is 2. The molecule has 1 aliphatic heterocycles. The lowest BCUT2D eigenvalue weighted by Gasteiger charge is -2.23. The molecule has 1 aliphatic rings. The molecule has 0 bridgehead atoms. The van der Waals surface area contributed by atoms with Gasteiger partial charge in [0, 0.05) is 5.56 Å². The Hall–Kier alpha value is -3.01. The van der Waals surface area contributed by atoms with Gasteiger partial charge in [0.1, 0.15) is 23.2 Å².